The number of carbonyl (C=O) groups excluding carboxylic acids is 2. The Kier molecular flexibility index (Phi) is 6.95. The molecule has 182 valence electrons. The molecular weight excluding hydrogens is 454 g/mol. The molecule has 0 radical (unpaired) electrons. The number of nitrogens with one attached hydrogen (secondary N) is 2. The Morgan fingerprint density at radius 3 is 2.74 bits per heavy atom. The SMILES string of the molecule is CCc1ccccc1NC(=O)[C@H]1CCCN(S(=O)(=O)c2cc3c(cc2C)NC(=O)[C@H](CC)O3)C1. The molecule has 0 spiro atoms. The summed E-state index contributed by atoms with van der Waals surface area (Å²) >= 11 is 0. The quantitative estimate of drug-likeness (QED) is 0.649. The second-order valence-corrected chi connectivity index (χ2v) is 10.7. The van der Waals surface area contributed by atoms with Crippen molar-refractivity contribution in [3.8, 4) is 5.75 Å². The van der Waals surface area contributed by atoms with Gasteiger partial charge in [-0.05, 0) is 55.9 Å². The number of amides is 2. The maximum Gasteiger partial charge on any atom is 0.265 e. The molecule has 0 unspecified atom stereocenters. The van der Waals surface area contributed by atoms with E-state index in [1.165, 1.54) is 10.4 Å². The number of rotatable bonds is 6. The van der Waals surface area contributed by atoms with Crippen molar-refractivity contribution in [2.75, 3.05) is 23.7 Å². The fraction of sp³-hybridized carbons (Fsp3) is 0.440. The van der Waals surface area contributed by atoms with Crippen LogP contribution in [-0.2, 0) is 26.0 Å². The fourth-order valence-corrected chi connectivity index (χ4v) is 6.28. The van der Waals surface area contributed by atoms with Gasteiger partial charge in [0.2, 0.25) is 15.9 Å². The average molecular weight is 486 g/mol. The number of para-hydroxylation sites is 1. The third kappa shape index (κ3) is 4.67. The van der Waals surface area contributed by atoms with Crippen LogP contribution < -0.4 is 15.4 Å². The van der Waals surface area contributed by atoms with Crippen molar-refractivity contribution in [2.45, 2.75) is 57.5 Å². The third-order valence-corrected chi connectivity index (χ3v) is 8.50. The first-order valence-electron chi connectivity index (χ1n) is 11.8. The number of piperidine rings is 1. The summed E-state index contributed by atoms with van der Waals surface area (Å²) in [7, 11) is -3.86. The summed E-state index contributed by atoms with van der Waals surface area (Å²) in [5.41, 5.74) is 2.79. The van der Waals surface area contributed by atoms with E-state index in [1.54, 1.807) is 13.0 Å². The predicted octanol–water partition coefficient (Wildman–Crippen LogP) is 3.71. The maximum absolute atomic E-state index is 13.6. The Hall–Kier alpha value is -2.91. The molecule has 2 aromatic carbocycles. The number of ether oxygens (including phenoxy) is 1. The summed E-state index contributed by atoms with van der Waals surface area (Å²) in [5.74, 6) is -0.496. The number of aryl methyl sites for hydroxylation is 2. The van der Waals surface area contributed by atoms with Crippen LogP contribution in [0.3, 0.4) is 0 Å². The zero-order valence-electron chi connectivity index (χ0n) is 19.8. The Labute approximate surface area is 200 Å². The Morgan fingerprint density at radius 1 is 1.24 bits per heavy atom. The zero-order chi connectivity index (χ0) is 24.5. The van der Waals surface area contributed by atoms with Gasteiger partial charge in [-0.3, -0.25) is 9.59 Å². The molecule has 2 atom stereocenters. The minimum absolute atomic E-state index is 0.119. The summed E-state index contributed by atoms with van der Waals surface area (Å²) in [6, 6.07) is 10.8. The number of anilines is 2. The van der Waals surface area contributed by atoms with Crippen LogP contribution in [0.25, 0.3) is 0 Å². The van der Waals surface area contributed by atoms with E-state index in [0.29, 0.717) is 42.8 Å². The van der Waals surface area contributed by atoms with Crippen molar-refractivity contribution in [1.29, 1.82) is 0 Å². The van der Waals surface area contributed by atoms with Crippen molar-refractivity contribution >= 4 is 33.2 Å². The predicted molar refractivity (Wildman–Crippen MR) is 130 cm³/mol. The number of benzene rings is 2. The lowest BCUT2D eigenvalue weighted by Gasteiger charge is -2.32. The van der Waals surface area contributed by atoms with Crippen LogP contribution in [0.5, 0.6) is 5.75 Å². The molecule has 8 nitrogen and oxygen atoms in total. The fourth-order valence-electron chi connectivity index (χ4n) is 4.53. The second kappa shape index (κ2) is 9.76. The Morgan fingerprint density at radius 2 is 2.00 bits per heavy atom. The average Bonchev–Trinajstić information content (AvgIpc) is 2.83. The maximum atomic E-state index is 13.6. The van der Waals surface area contributed by atoms with E-state index in [2.05, 4.69) is 10.6 Å². The highest BCUT2D eigenvalue weighted by molar-refractivity contribution is 7.89. The molecule has 2 heterocycles. The number of carbonyl (C=O) groups is 2. The third-order valence-electron chi connectivity index (χ3n) is 6.50. The standard InChI is InChI=1S/C25H31N3O5S/c1-4-17-9-6-7-11-19(17)26-24(29)18-10-8-12-28(15-18)34(31,32)23-14-22-20(13-16(23)3)27-25(30)21(5-2)33-22/h6-7,9,11,13-14,18,21H,4-5,8,10,12,15H2,1-3H3,(H,26,29)(H,27,30)/t18-,21-/m0/s1. The number of hydrogen-bond acceptors (Lipinski definition) is 5. The van der Waals surface area contributed by atoms with Crippen LogP contribution >= 0.6 is 0 Å². The molecule has 0 aromatic heterocycles. The largest absolute Gasteiger partial charge is 0.478 e. The van der Waals surface area contributed by atoms with Gasteiger partial charge in [-0.2, -0.15) is 4.31 Å². The van der Waals surface area contributed by atoms with E-state index in [1.807, 2.05) is 38.1 Å². The first-order valence-corrected chi connectivity index (χ1v) is 13.2. The van der Waals surface area contributed by atoms with Crippen LogP contribution in [0.1, 0.15) is 44.2 Å². The minimum atomic E-state index is -3.86. The van der Waals surface area contributed by atoms with Gasteiger partial charge in [0.05, 0.1) is 16.5 Å². The molecular formula is C25H31N3O5S. The van der Waals surface area contributed by atoms with Crippen molar-refractivity contribution < 1.29 is 22.7 Å². The van der Waals surface area contributed by atoms with E-state index in [-0.39, 0.29) is 23.3 Å². The van der Waals surface area contributed by atoms with E-state index in [9.17, 15) is 18.0 Å². The zero-order valence-corrected chi connectivity index (χ0v) is 20.6. The molecule has 0 saturated carbocycles. The molecule has 1 saturated heterocycles. The van der Waals surface area contributed by atoms with Gasteiger partial charge >= 0.3 is 0 Å². The minimum Gasteiger partial charge on any atom is -0.478 e. The van der Waals surface area contributed by atoms with Gasteiger partial charge in [0.1, 0.15) is 5.75 Å². The Balaban J connectivity index is 1.55. The second-order valence-electron chi connectivity index (χ2n) is 8.82. The Bertz CT molecular complexity index is 1210. The van der Waals surface area contributed by atoms with E-state index in [4.69, 9.17) is 4.74 Å². The summed E-state index contributed by atoms with van der Waals surface area (Å²) in [6.07, 6.45) is 1.84. The molecule has 2 aromatic rings. The normalized spacial score (nSPS) is 20.7. The van der Waals surface area contributed by atoms with Crippen molar-refractivity contribution in [3.05, 3.63) is 47.5 Å². The molecule has 9 heteroatoms. The molecule has 2 aliphatic heterocycles. The van der Waals surface area contributed by atoms with Crippen LogP contribution in [0.15, 0.2) is 41.3 Å². The van der Waals surface area contributed by atoms with Gasteiger partial charge < -0.3 is 15.4 Å². The van der Waals surface area contributed by atoms with E-state index in [0.717, 1.165) is 17.7 Å². The van der Waals surface area contributed by atoms with Crippen molar-refractivity contribution in [2.24, 2.45) is 5.92 Å². The topological polar surface area (TPSA) is 105 Å². The number of sulfonamides is 1. The molecule has 34 heavy (non-hydrogen) atoms. The summed E-state index contributed by atoms with van der Waals surface area (Å²) in [6.45, 7) is 6.02. The molecule has 0 bridgehead atoms. The van der Waals surface area contributed by atoms with Crippen LogP contribution in [-0.4, -0.2) is 43.7 Å². The summed E-state index contributed by atoms with van der Waals surface area (Å²) in [4.78, 5) is 25.2. The monoisotopic (exact) mass is 485 g/mol. The lowest BCUT2D eigenvalue weighted by molar-refractivity contribution is -0.123. The molecule has 2 aliphatic rings. The summed E-state index contributed by atoms with van der Waals surface area (Å²) < 4.78 is 34.3. The first-order chi connectivity index (χ1) is 16.2. The highest BCUT2D eigenvalue weighted by Crippen LogP contribution is 2.36. The van der Waals surface area contributed by atoms with Crippen LogP contribution in [0.2, 0.25) is 0 Å². The van der Waals surface area contributed by atoms with Gasteiger partial charge in [-0.15, -0.1) is 0 Å². The number of fused-ring (bicyclic) bond motifs is 1. The molecule has 2 N–H and O–H groups in total. The van der Waals surface area contributed by atoms with Gasteiger partial charge in [0.15, 0.2) is 6.10 Å². The van der Waals surface area contributed by atoms with Gasteiger partial charge in [0.25, 0.3) is 5.91 Å². The van der Waals surface area contributed by atoms with E-state index >= 15 is 0 Å². The highest BCUT2D eigenvalue weighted by Gasteiger charge is 2.36. The first kappa shape index (κ1) is 24.2. The number of hydrogen-bond donors (Lipinski definition) is 2. The highest BCUT2D eigenvalue weighted by atomic mass is 32.2. The van der Waals surface area contributed by atoms with Gasteiger partial charge in [-0.25, -0.2) is 8.42 Å². The molecule has 0 aliphatic carbocycles. The lowest BCUT2D eigenvalue weighted by Crippen LogP contribution is -2.44. The number of nitrogens with zero attached hydrogens (tertiary/aromatic N) is 1. The van der Waals surface area contributed by atoms with Crippen LogP contribution in [0, 0.1) is 12.8 Å². The molecule has 4 rings (SSSR count). The van der Waals surface area contributed by atoms with Crippen molar-refractivity contribution in [1.82, 2.24) is 4.31 Å². The van der Waals surface area contributed by atoms with E-state index < -0.39 is 22.0 Å². The summed E-state index contributed by atoms with van der Waals surface area (Å²) in [5, 5.41) is 5.78. The van der Waals surface area contributed by atoms with Gasteiger partial charge in [0, 0.05) is 24.8 Å². The van der Waals surface area contributed by atoms with Gasteiger partial charge in [-0.1, -0.05) is 32.0 Å². The lowest BCUT2D eigenvalue weighted by atomic mass is 9.98. The molecule has 2 amide bonds. The smallest absolute Gasteiger partial charge is 0.265 e. The van der Waals surface area contributed by atoms with Crippen molar-refractivity contribution in [3.63, 3.8) is 0 Å². The van der Waals surface area contributed by atoms with Crippen LogP contribution in [0.4, 0.5) is 11.4 Å². The molecule has 1 fully saturated rings.